The van der Waals surface area contributed by atoms with Crippen molar-refractivity contribution in [1.82, 2.24) is 10.2 Å². The van der Waals surface area contributed by atoms with E-state index in [0.29, 0.717) is 24.6 Å². The number of benzene rings is 2. The largest absolute Gasteiger partial charge is 0.497 e. The summed E-state index contributed by atoms with van der Waals surface area (Å²) in [6.07, 6.45) is -0.780. The Kier molecular flexibility index (Phi) is 6.16. The first-order chi connectivity index (χ1) is 15.0. The number of methoxy groups -OCH3 is 1. The lowest BCUT2D eigenvalue weighted by atomic mass is 10.2. The molecule has 2 aromatic rings. The van der Waals surface area contributed by atoms with Gasteiger partial charge in [0.05, 0.1) is 7.11 Å². The van der Waals surface area contributed by atoms with Crippen molar-refractivity contribution in [3.05, 3.63) is 48.5 Å². The van der Waals surface area contributed by atoms with E-state index in [1.165, 1.54) is 0 Å². The van der Waals surface area contributed by atoms with E-state index in [1.54, 1.807) is 31.1 Å². The highest BCUT2D eigenvalue weighted by Crippen LogP contribution is 2.30. The third-order valence-corrected chi connectivity index (χ3v) is 5.56. The fraction of sp³-hybridized carbons (Fsp3) is 0.391. The van der Waals surface area contributed by atoms with Crippen molar-refractivity contribution in [3.63, 3.8) is 0 Å². The van der Waals surface area contributed by atoms with E-state index in [2.05, 4.69) is 10.2 Å². The Bertz CT molecular complexity index is 925. The Hall–Kier alpha value is -3.42. The summed E-state index contributed by atoms with van der Waals surface area (Å²) in [7, 11) is 1.64. The average molecular weight is 425 g/mol. The first kappa shape index (κ1) is 20.8. The number of nitrogens with one attached hydrogen (secondary N) is 1. The summed E-state index contributed by atoms with van der Waals surface area (Å²) in [6, 6.07) is 14.5. The van der Waals surface area contributed by atoms with E-state index in [0.717, 1.165) is 24.5 Å². The van der Waals surface area contributed by atoms with E-state index in [9.17, 15) is 9.59 Å². The Balaban J connectivity index is 1.27. The Morgan fingerprint density at radius 2 is 1.71 bits per heavy atom. The number of piperazine rings is 1. The van der Waals surface area contributed by atoms with E-state index in [4.69, 9.17) is 14.2 Å². The van der Waals surface area contributed by atoms with Crippen LogP contribution >= 0.6 is 0 Å². The number of para-hydroxylation sites is 2. The molecule has 1 unspecified atom stereocenters. The van der Waals surface area contributed by atoms with Gasteiger partial charge in [0.15, 0.2) is 11.5 Å². The molecule has 2 amide bonds. The molecule has 2 aromatic carbocycles. The molecule has 2 atom stereocenters. The number of ether oxygens (including phenoxy) is 3. The number of amides is 2. The lowest BCUT2D eigenvalue weighted by Gasteiger charge is -2.37. The number of rotatable bonds is 5. The van der Waals surface area contributed by atoms with Crippen molar-refractivity contribution in [1.29, 1.82) is 0 Å². The van der Waals surface area contributed by atoms with Crippen LogP contribution in [0.5, 0.6) is 17.2 Å². The van der Waals surface area contributed by atoms with Crippen LogP contribution < -0.4 is 24.4 Å². The van der Waals surface area contributed by atoms with Crippen LogP contribution in [-0.2, 0) is 9.59 Å². The van der Waals surface area contributed by atoms with Gasteiger partial charge in [-0.3, -0.25) is 9.59 Å². The molecule has 2 aliphatic heterocycles. The second-order valence-electron chi connectivity index (χ2n) is 7.60. The van der Waals surface area contributed by atoms with Crippen LogP contribution in [0.1, 0.15) is 6.92 Å². The smallest absolute Gasteiger partial charge is 0.265 e. The summed E-state index contributed by atoms with van der Waals surface area (Å²) in [6.45, 7) is 4.48. The SMILES string of the molecule is COc1ccc(N2CCN(C(=O)[C@@H](C)NC(=O)C3COc4ccccc4O3)CC2)cc1. The second kappa shape index (κ2) is 9.16. The van der Waals surface area contributed by atoms with Gasteiger partial charge in [0, 0.05) is 31.9 Å². The minimum atomic E-state index is -0.780. The number of hydrogen-bond donors (Lipinski definition) is 1. The summed E-state index contributed by atoms with van der Waals surface area (Å²) in [5, 5.41) is 2.77. The molecule has 8 heteroatoms. The fourth-order valence-electron chi connectivity index (χ4n) is 3.77. The molecular weight excluding hydrogens is 398 g/mol. The van der Waals surface area contributed by atoms with Crippen molar-refractivity contribution in [2.24, 2.45) is 0 Å². The molecular formula is C23H27N3O5. The predicted octanol–water partition coefficient (Wildman–Crippen LogP) is 1.69. The summed E-state index contributed by atoms with van der Waals surface area (Å²) < 4.78 is 16.5. The highest BCUT2D eigenvalue weighted by molar-refractivity contribution is 5.89. The third-order valence-electron chi connectivity index (χ3n) is 5.56. The van der Waals surface area contributed by atoms with Crippen LogP contribution in [0.4, 0.5) is 5.69 Å². The van der Waals surface area contributed by atoms with Gasteiger partial charge in [0.1, 0.15) is 18.4 Å². The fourth-order valence-corrected chi connectivity index (χ4v) is 3.77. The quantitative estimate of drug-likeness (QED) is 0.785. The highest BCUT2D eigenvalue weighted by Gasteiger charge is 2.31. The van der Waals surface area contributed by atoms with Gasteiger partial charge in [-0.05, 0) is 43.3 Å². The van der Waals surface area contributed by atoms with Gasteiger partial charge in [-0.1, -0.05) is 12.1 Å². The second-order valence-corrected chi connectivity index (χ2v) is 7.60. The van der Waals surface area contributed by atoms with Crippen molar-refractivity contribution in [2.75, 3.05) is 44.8 Å². The Morgan fingerprint density at radius 1 is 1.03 bits per heavy atom. The lowest BCUT2D eigenvalue weighted by molar-refractivity contribution is -0.139. The van der Waals surface area contributed by atoms with Gasteiger partial charge in [-0.25, -0.2) is 0 Å². The molecule has 31 heavy (non-hydrogen) atoms. The summed E-state index contributed by atoms with van der Waals surface area (Å²) >= 11 is 0. The molecule has 0 saturated carbocycles. The van der Waals surface area contributed by atoms with Crippen LogP contribution in [0.3, 0.4) is 0 Å². The van der Waals surface area contributed by atoms with E-state index in [1.807, 2.05) is 36.4 Å². The van der Waals surface area contributed by atoms with Gasteiger partial charge >= 0.3 is 0 Å². The van der Waals surface area contributed by atoms with Crippen LogP contribution in [-0.4, -0.2) is 68.8 Å². The monoisotopic (exact) mass is 425 g/mol. The van der Waals surface area contributed by atoms with Crippen LogP contribution in [0.2, 0.25) is 0 Å². The summed E-state index contributed by atoms with van der Waals surface area (Å²) in [5.41, 5.74) is 1.10. The molecule has 1 saturated heterocycles. The van der Waals surface area contributed by atoms with Crippen molar-refractivity contribution in [3.8, 4) is 17.2 Å². The lowest BCUT2D eigenvalue weighted by Crippen LogP contribution is -2.56. The van der Waals surface area contributed by atoms with Gasteiger partial charge < -0.3 is 29.3 Å². The molecule has 4 rings (SSSR count). The normalized spacial score (nSPS) is 18.8. The average Bonchev–Trinajstić information content (AvgIpc) is 2.83. The van der Waals surface area contributed by atoms with E-state index >= 15 is 0 Å². The van der Waals surface area contributed by atoms with E-state index in [-0.39, 0.29) is 18.4 Å². The van der Waals surface area contributed by atoms with Gasteiger partial charge in [-0.15, -0.1) is 0 Å². The first-order valence-corrected chi connectivity index (χ1v) is 10.4. The highest BCUT2D eigenvalue weighted by atomic mass is 16.6. The zero-order valence-electron chi connectivity index (χ0n) is 17.7. The molecule has 0 bridgehead atoms. The molecule has 0 aliphatic carbocycles. The molecule has 0 spiro atoms. The van der Waals surface area contributed by atoms with Gasteiger partial charge in [0.25, 0.3) is 5.91 Å². The topological polar surface area (TPSA) is 80.3 Å². The molecule has 0 aromatic heterocycles. The number of anilines is 1. The molecule has 2 aliphatic rings. The van der Waals surface area contributed by atoms with E-state index < -0.39 is 12.1 Å². The number of carbonyl (C=O) groups is 2. The van der Waals surface area contributed by atoms with Crippen LogP contribution in [0, 0.1) is 0 Å². The third kappa shape index (κ3) is 4.68. The zero-order valence-corrected chi connectivity index (χ0v) is 17.7. The minimum absolute atomic E-state index is 0.0974. The van der Waals surface area contributed by atoms with Crippen molar-refractivity contribution in [2.45, 2.75) is 19.1 Å². The van der Waals surface area contributed by atoms with Gasteiger partial charge in [0.2, 0.25) is 12.0 Å². The number of carbonyl (C=O) groups excluding carboxylic acids is 2. The first-order valence-electron chi connectivity index (χ1n) is 10.4. The molecule has 1 fully saturated rings. The zero-order chi connectivity index (χ0) is 21.8. The predicted molar refractivity (Wildman–Crippen MR) is 116 cm³/mol. The number of fused-ring (bicyclic) bond motifs is 1. The molecule has 1 N–H and O–H groups in total. The molecule has 164 valence electrons. The van der Waals surface area contributed by atoms with Crippen molar-refractivity contribution < 1.29 is 23.8 Å². The number of nitrogens with zero attached hydrogens (tertiary/aromatic N) is 2. The summed E-state index contributed by atoms with van der Waals surface area (Å²) in [5.74, 6) is 1.51. The maximum Gasteiger partial charge on any atom is 0.265 e. The standard InChI is InChI=1S/C23H27N3O5/c1-16(24-22(27)21-15-30-19-5-3-4-6-20(19)31-21)23(28)26-13-11-25(12-14-26)17-7-9-18(29-2)10-8-17/h3-10,16,21H,11-15H2,1-2H3,(H,24,27)/t16-,21?/m1/s1. The maximum atomic E-state index is 12.8. The molecule has 8 nitrogen and oxygen atoms in total. The van der Waals surface area contributed by atoms with Crippen LogP contribution in [0.25, 0.3) is 0 Å². The minimum Gasteiger partial charge on any atom is -0.497 e. The van der Waals surface area contributed by atoms with Crippen molar-refractivity contribution >= 4 is 17.5 Å². The van der Waals surface area contributed by atoms with Gasteiger partial charge in [-0.2, -0.15) is 0 Å². The Labute approximate surface area is 181 Å². The van der Waals surface area contributed by atoms with Crippen LogP contribution in [0.15, 0.2) is 48.5 Å². The number of hydrogen-bond acceptors (Lipinski definition) is 6. The molecule has 2 heterocycles. The maximum absolute atomic E-state index is 12.8. The molecule has 0 radical (unpaired) electrons. The summed E-state index contributed by atoms with van der Waals surface area (Å²) in [4.78, 5) is 29.5. The Morgan fingerprint density at radius 3 is 2.39 bits per heavy atom.